The van der Waals surface area contributed by atoms with Gasteiger partial charge in [0.25, 0.3) is 0 Å². The Balaban J connectivity index is 1.94. The Labute approximate surface area is 158 Å². The molecule has 25 heavy (non-hydrogen) atoms. The highest BCUT2D eigenvalue weighted by Gasteiger charge is 2.13. The zero-order valence-corrected chi connectivity index (χ0v) is 15.0. The maximum Gasteiger partial charge on any atom is 0.162 e. The van der Waals surface area contributed by atoms with Gasteiger partial charge in [-0.05, 0) is 42.0 Å². The second kappa shape index (κ2) is 7.61. The smallest absolute Gasteiger partial charge is 0.162 e. The number of benzene rings is 3. The normalized spacial score (nSPS) is 10.8. The van der Waals surface area contributed by atoms with Crippen molar-refractivity contribution in [2.45, 2.75) is 6.61 Å². The van der Waals surface area contributed by atoms with E-state index in [1.165, 1.54) is 6.07 Å². The first-order valence-electron chi connectivity index (χ1n) is 7.26. The standard InChI is InChI=1S/C19H11Cl3F2O/c20-13-3-1-11(2-4-13)19-12(7-14(21)8-16(19)22)10-25-15-5-6-17(23)18(24)9-15/h1-9H,10H2. The van der Waals surface area contributed by atoms with Crippen LogP contribution in [-0.4, -0.2) is 0 Å². The van der Waals surface area contributed by atoms with Gasteiger partial charge in [-0.25, -0.2) is 8.78 Å². The van der Waals surface area contributed by atoms with Gasteiger partial charge < -0.3 is 4.74 Å². The van der Waals surface area contributed by atoms with Crippen LogP contribution in [-0.2, 0) is 6.61 Å². The lowest BCUT2D eigenvalue weighted by Gasteiger charge is -2.14. The number of hydrogen-bond donors (Lipinski definition) is 0. The molecule has 0 fully saturated rings. The Kier molecular flexibility index (Phi) is 5.48. The molecule has 3 aromatic rings. The van der Waals surface area contributed by atoms with Crippen LogP contribution in [0.5, 0.6) is 5.75 Å². The van der Waals surface area contributed by atoms with Gasteiger partial charge in [-0.2, -0.15) is 0 Å². The highest BCUT2D eigenvalue weighted by molar-refractivity contribution is 6.36. The average Bonchev–Trinajstić information content (AvgIpc) is 2.57. The maximum atomic E-state index is 13.3. The first kappa shape index (κ1) is 18.0. The van der Waals surface area contributed by atoms with Crippen molar-refractivity contribution in [3.05, 3.63) is 86.9 Å². The molecule has 1 nitrogen and oxygen atoms in total. The minimum Gasteiger partial charge on any atom is -0.489 e. The SMILES string of the molecule is Fc1ccc(OCc2cc(Cl)cc(Cl)c2-c2ccc(Cl)cc2)cc1F. The second-order valence-corrected chi connectivity index (χ2v) is 6.57. The molecule has 0 atom stereocenters. The Morgan fingerprint density at radius 2 is 1.48 bits per heavy atom. The molecule has 0 saturated carbocycles. The van der Waals surface area contributed by atoms with Gasteiger partial charge >= 0.3 is 0 Å². The van der Waals surface area contributed by atoms with Gasteiger partial charge in [0.15, 0.2) is 11.6 Å². The molecular weight excluding hydrogens is 389 g/mol. The highest BCUT2D eigenvalue weighted by Crippen LogP contribution is 2.35. The van der Waals surface area contributed by atoms with Crippen molar-refractivity contribution < 1.29 is 13.5 Å². The molecule has 0 unspecified atom stereocenters. The van der Waals surface area contributed by atoms with Gasteiger partial charge in [0.05, 0.1) is 5.02 Å². The van der Waals surface area contributed by atoms with Crippen molar-refractivity contribution in [2.75, 3.05) is 0 Å². The van der Waals surface area contributed by atoms with Crippen LogP contribution in [0.2, 0.25) is 15.1 Å². The minimum atomic E-state index is -0.973. The van der Waals surface area contributed by atoms with E-state index in [9.17, 15) is 8.78 Å². The monoisotopic (exact) mass is 398 g/mol. The summed E-state index contributed by atoms with van der Waals surface area (Å²) in [7, 11) is 0. The van der Waals surface area contributed by atoms with E-state index in [2.05, 4.69) is 0 Å². The van der Waals surface area contributed by atoms with Crippen molar-refractivity contribution in [3.63, 3.8) is 0 Å². The average molecular weight is 400 g/mol. The first-order valence-corrected chi connectivity index (χ1v) is 8.39. The largest absolute Gasteiger partial charge is 0.489 e. The molecule has 0 spiro atoms. The van der Waals surface area contributed by atoms with Gasteiger partial charge in [-0.15, -0.1) is 0 Å². The van der Waals surface area contributed by atoms with E-state index in [1.807, 2.05) is 12.1 Å². The Hall–Kier alpha value is -1.81. The number of rotatable bonds is 4. The van der Waals surface area contributed by atoms with Crippen LogP contribution in [0.4, 0.5) is 8.78 Å². The van der Waals surface area contributed by atoms with E-state index in [-0.39, 0.29) is 12.4 Å². The zero-order chi connectivity index (χ0) is 18.0. The predicted molar refractivity (Wildman–Crippen MR) is 97.6 cm³/mol. The lowest BCUT2D eigenvalue weighted by Crippen LogP contribution is -2.00. The summed E-state index contributed by atoms with van der Waals surface area (Å²) >= 11 is 18.4. The molecule has 0 aliphatic heterocycles. The fourth-order valence-electron chi connectivity index (χ4n) is 2.41. The summed E-state index contributed by atoms with van der Waals surface area (Å²) in [6.45, 7) is 0.0866. The van der Waals surface area contributed by atoms with Crippen LogP contribution in [0, 0.1) is 11.6 Å². The molecule has 0 aromatic heterocycles. The Bertz CT molecular complexity index is 911. The molecule has 0 saturated heterocycles. The molecule has 3 aromatic carbocycles. The molecule has 0 bridgehead atoms. The van der Waals surface area contributed by atoms with Gasteiger partial charge in [-0.3, -0.25) is 0 Å². The van der Waals surface area contributed by atoms with Gasteiger partial charge in [0.1, 0.15) is 12.4 Å². The summed E-state index contributed by atoms with van der Waals surface area (Å²) in [4.78, 5) is 0. The second-order valence-electron chi connectivity index (χ2n) is 5.29. The van der Waals surface area contributed by atoms with Crippen molar-refractivity contribution in [2.24, 2.45) is 0 Å². The predicted octanol–water partition coefficient (Wildman–Crippen LogP) is 7.17. The third kappa shape index (κ3) is 4.24. The third-order valence-corrected chi connectivity index (χ3v) is 4.32. The van der Waals surface area contributed by atoms with Crippen LogP contribution in [0.15, 0.2) is 54.6 Å². The van der Waals surface area contributed by atoms with Crippen LogP contribution in [0.3, 0.4) is 0 Å². The fourth-order valence-corrected chi connectivity index (χ4v) is 3.18. The van der Waals surface area contributed by atoms with Gasteiger partial charge in [0, 0.05) is 27.2 Å². The van der Waals surface area contributed by atoms with E-state index in [0.29, 0.717) is 20.6 Å². The summed E-state index contributed by atoms with van der Waals surface area (Å²) in [6, 6.07) is 13.9. The van der Waals surface area contributed by atoms with E-state index in [4.69, 9.17) is 39.5 Å². The molecule has 0 radical (unpaired) electrons. The molecule has 3 rings (SSSR count). The van der Waals surface area contributed by atoms with E-state index >= 15 is 0 Å². The quantitative estimate of drug-likeness (QED) is 0.452. The summed E-state index contributed by atoms with van der Waals surface area (Å²) in [5.41, 5.74) is 2.30. The molecular formula is C19H11Cl3F2O. The zero-order valence-electron chi connectivity index (χ0n) is 12.7. The summed E-state index contributed by atoms with van der Waals surface area (Å²) in [5, 5.41) is 1.51. The molecule has 0 N–H and O–H groups in total. The Morgan fingerprint density at radius 3 is 2.16 bits per heavy atom. The van der Waals surface area contributed by atoms with Gasteiger partial charge in [-0.1, -0.05) is 46.9 Å². The first-order chi connectivity index (χ1) is 11.9. The topological polar surface area (TPSA) is 9.23 Å². The van der Waals surface area contributed by atoms with Crippen molar-refractivity contribution in [1.29, 1.82) is 0 Å². The highest BCUT2D eigenvalue weighted by atomic mass is 35.5. The van der Waals surface area contributed by atoms with Crippen molar-refractivity contribution in [1.82, 2.24) is 0 Å². The van der Waals surface area contributed by atoms with Gasteiger partial charge in [0.2, 0.25) is 0 Å². The number of hydrogen-bond acceptors (Lipinski definition) is 1. The summed E-state index contributed by atoms with van der Waals surface area (Å²) in [6.07, 6.45) is 0. The maximum absolute atomic E-state index is 13.3. The fraction of sp³-hybridized carbons (Fsp3) is 0.0526. The summed E-state index contributed by atoms with van der Waals surface area (Å²) < 4.78 is 31.9. The van der Waals surface area contributed by atoms with Crippen molar-refractivity contribution >= 4 is 34.8 Å². The van der Waals surface area contributed by atoms with Crippen molar-refractivity contribution in [3.8, 4) is 16.9 Å². The van der Waals surface area contributed by atoms with Crippen LogP contribution in [0.25, 0.3) is 11.1 Å². The molecule has 0 heterocycles. The van der Waals surface area contributed by atoms with E-state index < -0.39 is 11.6 Å². The lowest BCUT2D eigenvalue weighted by atomic mass is 10.00. The lowest BCUT2D eigenvalue weighted by molar-refractivity contribution is 0.304. The number of halogens is 5. The van der Waals surface area contributed by atoms with E-state index in [1.54, 1.807) is 24.3 Å². The molecule has 6 heteroatoms. The summed E-state index contributed by atoms with van der Waals surface area (Å²) in [5.74, 6) is -1.70. The van der Waals surface area contributed by atoms with Crippen LogP contribution in [0.1, 0.15) is 5.56 Å². The third-order valence-electron chi connectivity index (χ3n) is 3.55. The number of ether oxygens (including phenoxy) is 1. The van der Waals surface area contributed by atoms with Crippen LogP contribution < -0.4 is 4.74 Å². The Morgan fingerprint density at radius 1 is 0.760 bits per heavy atom. The molecule has 0 aliphatic carbocycles. The molecule has 0 amide bonds. The molecule has 0 aliphatic rings. The molecule has 128 valence electrons. The van der Waals surface area contributed by atoms with E-state index in [0.717, 1.165) is 23.3 Å². The minimum absolute atomic E-state index is 0.0866. The van der Waals surface area contributed by atoms with Crippen LogP contribution >= 0.6 is 34.8 Å².